The number of carbonyl (C=O) groups excluding carboxylic acids is 1. The third-order valence-electron chi connectivity index (χ3n) is 3.65. The molecule has 7 heteroatoms. The minimum absolute atomic E-state index is 0. The van der Waals surface area contributed by atoms with Gasteiger partial charge in [0, 0.05) is 0 Å². The number of rotatable bonds is 6. The molecule has 1 fully saturated rings. The second-order valence-electron chi connectivity index (χ2n) is 6.43. The average molecular weight is 407 g/mol. The molecule has 0 N–H and O–H groups in total. The summed E-state index contributed by atoms with van der Waals surface area (Å²) in [6, 6.07) is 0. The quantitative estimate of drug-likeness (QED) is 0.337. The Labute approximate surface area is 157 Å². The Bertz CT molecular complexity index is 601. The fourth-order valence-corrected chi connectivity index (χ4v) is 8.26. The van der Waals surface area contributed by atoms with Gasteiger partial charge in [0.25, 0.3) is 0 Å². The zero-order valence-electron chi connectivity index (χ0n) is 13.1. The van der Waals surface area contributed by atoms with Gasteiger partial charge in [-0.1, -0.05) is 0 Å². The van der Waals surface area contributed by atoms with E-state index in [1.165, 1.54) is 21.9 Å². The zero-order valence-corrected chi connectivity index (χ0v) is 18.6. The maximum absolute atomic E-state index is 12.0. The SMILES string of the molecule is C[Si](C)(C)OCC[CH2][Ti+2][C]1=C2[SiH2]C2=C2C(=O)C=CC=C12.[Cl-].[Cl-]. The van der Waals surface area contributed by atoms with Gasteiger partial charge in [0.1, 0.15) is 0 Å². The summed E-state index contributed by atoms with van der Waals surface area (Å²) in [5.74, 6) is 0.253. The van der Waals surface area contributed by atoms with Crippen LogP contribution >= 0.6 is 0 Å². The average Bonchev–Trinajstić information content (AvgIpc) is 3.06. The van der Waals surface area contributed by atoms with Gasteiger partial charge in [0.05, 0.1) is 0 Å². The Hall–Kier alpha value is 0.318. The molecule has 22 heavy (non-hydrogen) atoms. The minimum atomic E-state index is -1.35. The Kier molecular flexibility index (Phi) is 7.34. The van der Waals surface area contributed by atoms with Gasteiger partial charge in [0.15, 0.2) is 0 Å². The Balaban J connectivity index is 0.00000121. The molecule has 0 bridgehead atoms. The molecular weight excluding hydrogens is 387 g/mol. The van der Waals surface area contributed by atoms with Crippen LogP contribution in [0, 0.1) is 0 Å². The topological polar surface area (TPSA) is 26.3 Å². The van der Waals surface area contributed by atoms with Crippen LogP contribution in [0.4, 0.5) is 0 Å². The Morgan fingerprint density at radius 3 is 2.64 bits per heavy atom. The van der Waals surface area contributed by atoms with Crippen molar-refractivity contribution < 1.29 is 53.2 Å². The number of ketones is 1. The molecule has 0 amide bonds. The molecule has 118 valence electrons. The maximum atomic E-state index is 12.0. The monoisotopic (exact) mass is 406 g/mol. The molecule has 1 heterocycles. The largest absolute Gasteiger partial charge is 1.00 e. The number of halogens is 2. The van der Waals surface area contributed by atoms with E-state index in [4.69, 9.17) is 4.43 Å². The van der Waals surface area contributed by atoms with Gasteiger partial charge in [-0.3, -0.25) is 0 Å². The van der Waals surface area contributed by atoms with Crippen LogP contribution < -0.4 is 24.8 Å². The molecule has 0 aromatic carbocycles. The van der Waals surface area contributed by atoms with Crippen molar-refractivity contribution in [3.63, 3.8) is 0 Å². The van der Waals surface area contributed by atoms with Crippen LogP contribution in [0.2, 0.25) is 24.4 Å². The molecule has 1 saturated heterocycles. The molecule has 0 unspecified atom stereocenters. The molecule has 2 aliphatic carbocycles. The maximum Gasteiger partial charge on any atom is -1.00 e. The van der Waals surface area contributed by atoms with Crippen LogP contribution in [-0.2, 0) is 28.4 Å². The van der Waals surface area contributed by atoms with Crippen molar-refractivity contribution in [1.29, 1.82) is 0 Å². The molecule has 3 aliphatic rings. The summed E-state index contributed by atoms with van der Waals surface area (Å²) >= 11 is -0.0828. The van der Waals surface area contributed by atoms with Crippen LogP contribution in [-0.4, -0.2) is 30.2 Å². The van der Waals surface area contributed by atoms with Gasteiger partial charge in [-0.05, 0) is 0 Å². The molecule has 1 aliphatic heterocycles. The molecule has 0 saturated carbocycles. The van der Waals surface area contributed by atoms with Crippen molar-refractivity contribution >= 4 is 23.6 Å². The number of hydrogen-bond acceptors (Lipinski definition) is 2. The van der Waals surface area contributed by atoms with E-state index in [9.17, 15) is 4.79 Å². The summed E-state index contributed by atoms with van der Waals surface area (Å²) in [7, 11) is -1.49. The predicted octanol–water partition coefficient (Wildman–Crippen LogP) is -3.54. The van der Waals surface area contributed by atoms with Crippen molar-refractivity contribution in [1.82, 2.24) is 0 Å². The Morgan fingerprint density at radius 2 is 1.95 bits per heavy atom. The van der Waals surface area contributed by atoms with Gasteiger partial charge < -0.3 is 24.8 Å². The molecule has 3 rings (SSSR count). The van der Waals surface area contributed by atoms with E-state index in [2.05, 4.69) is 25.7 Å². The smallest absolute Gasteiger partial charge is 1.00 e. The molecular formula is C15H20Cl2O2Si2Ti. The van der Waals surface area contributed by atoms with Crippen LogP contribution in [0.5, 0.6) is 0 Å². The van der Waals surface area contributed by atoms with E-state index < -0.39 is 8.32 Å². The van der Waals surface area contributed by atoms with Crippen LogP contribution in [0.25, 0.3) is 0 Å². The molecule has 0 atom stereocenters. The second kappa shape index (κ2) is 7.93. The van der Waals surface area contributed by atoms with E-state index in [1.54, 1.807) is 15.2 Å². The first kappa shape index (κ1) is 20.4. The fourth-order valence-electron chi connectivity index (χ4n) is 2.69. The minimum Gasteiger partial charge on any atom is -1.00 e. The summed E-state index contributed by atoms with van der Waals surface area (Å²) < 4.78 is 8.83. The van der Waals surface area contributed by atoms with Crippen LogP contribution in [0.1, 0.15) is 6.42 Å². The molecule has 0 spiro atoms. The summed E-state index contributed by atoms with van der Waals surface area (Å²) in [5.41, 5.74) is 2.39. The number of hydrogen-bond donors (Lipinski definition) is 0. The van der Waals surface area contributed by atoms with Crippen molar-refractivity contribution in [2.24, 2.45) is 0 Å². The molecule has 2 nitrogen and oxygen atoms in total. The number of allylic oxidation sites excluding steroid dienone is 8. The third kappa shape index (κ3) is 4.44. The second-order valence-corrected chi connectivity index (χ2v) is 14.8. The van der Waals surface area contributed by atoms with Gasteiger partial charge in [-0.2, -0.15) is 0 Å². The van der Waals surface area contributed by atoms with Crippen molar-refractivity contribution in [2.75, 3.05) is 6.61 Å². The van der Waals surface area contributed by atoms with Crippen LogP contribution in [0.3, 0.4) is 0 Å². The predicted molar refractivity (Wildman–Crippen MR) is 83.5 cm³/mol. The summed E-state index contributed by atoms with van der Waals surface area (Å²) in [6.45, 7) is 7.65. The van der Waals surface area contributed by atoms with Gasteiger partial charge in [0.2, 0.25) is 0 Å². The van der Waals surface area contributed by atoms with E-state index in [0.717, 1.165) is 12.2 Å². The van der Waals surface area contributed by atoms with E-state index in [-0.39, 0.29) is 59.3 Å². The fraction of sp³-hybridized carbons (Fsp3) is 0.400. The first-order chi connectivity index (χ1) is 9.47. The first-order valence-corrected chi connectivity index (χ1v) is 14.0. The van der Waals surface area contributed by atoms with E-state index in [1.807, 2.05) is 6.08 Å². The normalized spacial score (nSPS) is 19.2. The summed E-state index contributed by atoms with van der Waals surface area (Å²) in [6.07, 6.45) is 7.00. The van der Waals surface area contributed by atoms with Crippen molar-refractivity contribution in [3.05, 3.63) is 43.6 Å². The van der Waals surface area contributed by atoms with Crippen LogP contribution in [0.15, 0.2) is 43.6 Å². The van der Waals surface area contributed by atoms with Gasteiger partial charge in [-0.15, -0.1) is 0 Å². The standard InChI is InChI=1S/C9H5OSi.C6H15OSi.2ClH.Ti/c10-6-3-1-2-5-4-7-9(11-7)8(5)6;1-5-6-7-8(2,3)4;;;/h1-3H,11H2;1,5-6H2,2-4H3;2*1H;/q;;;;+2/p-2. The summed E-state index contributed by atoms with van der Waals surface area (Å²) in [4.78, 5) is 12.0. The Morgan fingerprint density at radius 1 is 1.23 bits per heavy atom. The summed E-state index contributed by atoms with van der Waals surface area (Å²) in [5, 5.41) is 3.14. The zero-order chi connectivity index (χ0) is 14.3. The molecule has 0 aromatic heterocycles. The van der Waals surface area contributed by atoms with E-state index >= 15 is 0 Å². The number of carbonyl (C=O) groups is 1. The molecule has 0 aromatic rings. The van der Waals surface area contributed by atoms with E-state index in [0.29, 0.717) is 0 Å². The molecule has 0 radical (unpaired) electrons. The third-order valence-corrected chi connectivity index (χ3v) is 9.43. The van der Waals surface area contributed by atoms with Crippen molar-refractivity contribution in [2.45, 2.75) is 30.8 Å². The van der Waals surface area contributed by atoms with Crippen molar-refractivity contribution in [3.8, 4) is 0 Å². The number of fused-ring (bicyclic) bond motifs is 2. The first-order valence-electron chi connectivity index (χ1n) is 7.25. The van der Waals surface area contributed by atoms with Gasteiger partial charge >= 0.3 is 133 Å². The van der Waals surface area contributed by atoms with Gasteiger partial charge in [-0.25, -0.2) is 0 Å².